The Bertz CT molecular complexity index is 565. The summed E-state index contributed by atoms with van der Waals surface area (Å²) in [7, 11) is 0. The summed E-state index contributed by atoms with van der Waals surface area (Å²) < 4.78 is 0. The van der Waals surface area contributed by atoms with Gasteiger partial charge in [-0.05, 0) is 45.4 Å². The Morgan fingerprint density at radius 3 is 2.64 bits per heavy atom. The van der Waals surface area contributed by atoms with E-state index in [0.717, 1.165) is 38.5 Å². The molecule has 2 aliphatic rings. The monoisotopic (exact) mass is 305 g/mol. The quantitative estimate of drug-likeness (QED) is 0.651. The van der Waals surface area contributed by atoms with Crippen LogP contribution in [0.25, 0.3) is 0 Å². The molecule has 0 spiro atoms. The van der Waals surface area contributed by atoms with Gasteiger partial charge in [-0.2, -0.15) is 4.98 Å². The third-order valence-corrected chi connectivity index (χ3v) is 4.50. The summed E-state index contributed by atoms with van der Waals surface area (Å²) in [5, 5.41) is 16.1. The van der Waals surface area contributed by atoms with Crippen LogP contribution in [0.15, 0.2) is 6.20 Å². The van der Waals surface area contributed by atoms with Gasteiger partial charge >= 0.3 is 0 Å². The molecule has 120 valence electrons. The molecule has 0 aliphatic heterocycles. The molecule has 0 atom stereocenters. The molecule has 1 aromatic rings. The van der Waals surface area contributed by atoms with Crippen molar-refractivity contribution in [3.05, 3.63) is 11.8 Å². The molecule has 1 amide bonds. The van der Waals surface area contributed by atoms with Gasteiger partial charge in [-0.25, -0.2) is 4.98 Å². The van der Waals surface area contributed by atoms with E-state index in [9.17, 15) is 9.90 Å². The smallest absolute Gasteiger partial charge is 0.254 e. The first-order chi connectivity index (χ1) is 10.5. The van der Waals surface area contributed by atoms with Crippen molar-refractivity contribution in [1.29, 1.82) is 0 Å². The van der Waals surface area contributed by atoms with E-state index in [4.69, 9.17) is 5.73 Å². The maximum absolute atomic E-state index is 11.5. The van der Waals surface area contributed by atoms with Crippen LogP contribution < -0.4 is 16.4 Å². The Kier molecular flexibility index (Phi) is 3.90. The van der Waals surface area contributed by atoms with Crippen LogP contribution in [0.4, 0.5) is 11.8 Å². The number of nitrogens with zero attached hydrogens (tertiary/aromatic N) is 2. The van der Waals surface area contributed by atoms with Crippen LogP contribution in [-0.4, -0.2) is 38.7 Å². The highest BCUT2D eigenvalue weighted by Crippen LogP contribution is 2.38. The molecule has 0 unspecified atom stereocenters. The summed E-state index contributed by atoms with van der Waals surface area (Å²) in [5.74, 6) is 0.470. The van der Waals surface area contributed by atoms with Crippen molar-refractivity contribution in [3.8, 4) is 0 Å². The normalized spacial score (nSPS) is 26.3. The number of nitrogens with one attached hydrogen (secondary N) is 2. The van der Waals surface area contributed by atoms with Gasteiger partial charge in [0, 0.05) is 17.8 Å². The van der Waals surface area contributed by atoms with Crippen molar-refractivity contribution >= 4 is 17.7 Å². The van der Waals surface area contributed by atoms with Crippen LogP contribution in [0.2, 0.25) is 0 Å². The van der Waals surface area contributed by atoms with Gasteiger partial charge in [0.1, 0.15) is 5.82 Å². The van der Waals surface area contributed by atoms with Crippen LogP contribution in [-0.2, 0) is 0 Å². The molecule has 0 radical (unpaired) electrons. The van der Waals surface area contributed by atoms with E-state index < -0.39 is 5.91 Å². The molecule has 1 heterocycles. The van der Waals surface area contributed by atoms with Crippen molar-refractivity contribution in [3.63, 3.8) is 0 Å². The van der Waals surface area contributed by atoms with Crippen LogP contribution in [0.1, 0.15) is 55.8 Å². The maximum atomic E-state index is 11.5. The minimum Gasteiger partial charge on any atom is -0.393 e. The summed E-state index contributed by atoms with van der Waals surface area (Å²) in [6.07, 6.45) is 6.76. The number of aliphatic hydroxyl groups excluding tert-OH is 1. The largest absolute Gasteiger partial charge is 0.393 e. The summed E-state index contributed by atoms with van der Waals surface area (Å²) >= 11 is 0. The summed E-state index contributed by atoms with van der Waals surface area (Å²) in [4.78, 5) is 20.2. The number of carbonyl (C=O) groups is 1. The molecule has 2 saturated carbocycles. The van der Waals surface area contributed by atoms with Gasteiger partial charge in [0.15, 0.2) is 0 Å². The fourth-order valence-electron chi connectivity index (χ4n) is 2.73. The Morgan fingerprint density at radius 2 is 2.05 bits per heavy atom. The van der Waals surface area contributed by atoms with Crippen molar-refractivity contribution in [2.24, 2.45) is 5.73 Å². The van der Waals surface area contributed by atoms with Crippen LogP contribution in [0, 0.1) is 0 Å². The highest BCUT2D eigenvalue weighted by atomic mass is 16.3. The van der Waals surface area contributed by atoms with Crippen LogP contribution in [0.5, 0.6) is 0 Å². The van der Waals surface area contributed by atoms with Gasteiger partial charge in [0.2, 0.25) is 5.95 Å². The van der Waals surface area contributed by atoms with E-state index in [1.54, 1.807) is 0 Å². The Balaban J connectivity index is 1.74. The molecule has 0 saturated heterocycles. The average molecular weight is 305 g/mol. The van der Waals surface area contributed by atoms with Gasteiger partial charge in [0.05, 0.1) is 11.7 Å². The highest BCUT2D eigenvalue weighted by molar-refractivity contribution is 5.97. The second kappa shape index (κ2) is 5.72. The topological polar surface area (TPSA) is 113 Å². The van der Waals surface area contributed by atoms with E-state index in [1.807, 2.05) is 0 Å². The average Bonchev–Trinajstić information content (AvgIpc) is 3.18. The first-order valence-corrected chi connectivity index (χ1v) is 7.85. The molecule has 7 nitrogen and oxygen atoms in total. The number of anilines is 2. The minimum atomic E-state index is -0.529. The zero-order valence-electron chi connectivity index (χ0n) is 12.8. The lowest BCUT2D eigenvalue weighted by atomic mass is 9.93. The highest BCUT2D eigenvalue weighted by Gasteiger charge is 2.38. The molecule has 22 heavy (non-hydrogen) atoms. The molecule has 7 heteroatoms. The number of primary amides is 1. The molecule has 0 aromatic carbocycles. The lowest BCUT2D eigenvalue weighted by Crippen LogP contribution is -2.29. The number of hydrogen-bond donors (Lipinski definition) is 4. The number of hydrogen-bond acceptors (Lipinski definition) is 6. The minimum absolute atomic E-state index is 0.00473. The second-order valence-electron chi connectivity index (χ2n) is 6.66. The molecular formula is C15H23N5O2. The van der Waals surface area contributed by atoms with Gasteiger partial charge in [-0.3, -0.25) is 4.79 Å². The van der Waals surface area contributed by atoms with Crippen molar-refractivity contribution in [1.82, 2.24) is 9.97 Å². The van der Waals surface area contributed by atoms with Crippen LogP contribution in [0.3, 0.4) is 0 Å². The molecule has 2 aliphatic carbocycles. The summed E-state index contributed by atoms with van der Waals surface area (Å²) in [5.41, 5.74) is 5.72. The van der Waals surface area contributed by atoms with Gasteiger partial charge < -0.3 is 21.5 Å². The van der Waals surface area contributed by atoms with E-state index in [2.05, 4.69) is 27.5 Å². The second-order valence-corrected chi connectivity index (χ2v) is 6.66. The van der Waals surface area contributed by atoms with Gasteiger partial charge in [-0.1, -0.05) is 0 Å². The van der Waals surface area contributed by atoms with Crippen LogP contribution >= 0.6 is 0 Å². The lowest BCUT2D eigenvalue weighted by molar-refractivity contribution is 0.100. The fraction of sp³-hybridized carbons (Fsp3) is 0.667. The summed E-state index contributed by atoms with van der Waals surface area (Å²) in [6.45, 7) is 2.09. The first-order valence-electron chi connectivity index (χ1n) is 7.85. The standard InChI is InChI=1S/C15H23N5O2/c1-15(6-7-15)20-13-11(12(16)22)8-17-14(19-13)18-9-2-4-10(21)5-3-9/h8-10,21H,2-7H2,1H3,(H2,16,22)(H2,17,18,19,20). The zero-order chi connectivity index (χ0) is 15.7. The predicted molar refractivity (Wildman–Crippen MR) is 83.7 cm³/mol. The fourth-order valence-corrected chi connectivity index (χ4v) is 2.73. The summed E-state index contributed by atoms with van der Waals surface area (Å²) in [6, 6.07) is 0.257. The van der Waals surface area contributed by atoms with Gasteiger partial charge in [-0.15, -0.1) is 0 Å². The molecule has 5 N–H and O–H groups in total. The van der Waals surface area contributed by atoms with E-state index in [-0.39, 0.29) is 17.7 Å². The predicted octanol–water partition coefficient (Wildman–Crippen LogP) is 1.26. The first kappa shape index (κ1) is 15.0. The molecule has 1 aromatic heterocycles. The number of carbonyl (C=O) groups excluding carboxylic acids is 1. The van der Waals surface area contributed by atoms with E-state index in [1.165, 1.54) is 6.20 Å². The third kappa shape index (κ3) is 3.47. The van der Waals surface area contributed by atoms with E-state index in [0.29, 0.717) is 17.3 Å². The third-order valence-electron chi connectivity index (χ3n) is 4.50. The molecular weight excluding hydrogens is 282 g/mol. The van der Waals surface area contributed by atoms with Crippen molar-refractivity contribution in [2.75, 3.05) is 10.6 Å². The lowest BCUT2D eigenvalue weighted by Gasteiger charge is -2.26. The number of amides is 1. The SMILES string of the molecule is CC1(Nc2nc(NC3CCC(O)CC3)ncc2C(N)=O)CC1. The number of rotatable bonds is 5. The van der Waals surface area contributed by atoms with E-state index >= 15 is 0 Å². The number of nitrogens with two attached hydrogens (primary N) is 1. The maximum Gasteiger partial charge on any atom is 0.254 e. The Morgan fingerprint density at radius 1 is 1.36 bits per heavy atom. The number of aliphatic hydroxyl groups is 1. The number of aromatic nitrogens is 2. The Hall–Kier alpha value is -1.89. The van der Waals surface area contributed by atoms with Crippen molar-refractivity contribution in [2.45, 2.75) is 63.1 Å². The van der Waals surface area contributed by atoms with Crippen molar-refractivity contribution < 1.29 is 9.90 Å². The molecule has 2 fully saturated rings. The molecule has 0 bridgehead atoms. The van der Waals surface area contributed by atoms with Gasteiger partial charge in [0.25, 0.3) is 5.91 Å². The Labute approximate surface area is 129 Å². The zero-order valence-corrected chi connectivity index (χ0v) is 12.8. The molecule has 3 rings (SSSR count).